The largest absolute Gasteiger partial charge is 0.337 e. The second kappa shape index (κ2) is 8.19. The molecular weight excluding hydrogens is 348 g/mol. The molecule has 2 aromatic rings. The summed E-state index contributed by atoms with van der Waals surface area (Å²) in [6.07, 6.45) is 1.98. The molecule has 1 fully saturated rings. The average molecular weight is 369 g/mol. The highest BCUT2D eigenvalue weighted by atomic mass is 35.5. The number of nitrogens with zero attached hydrogens (tertiary/aromatic N) is 1. The van der Waals surface area contributed by atoms with Crippen molar-refractivity contribution < 1.29 is 9.59 Å². The fourth-order valence-corrected chi connectivity index (χ4v) is 3.13. The molecule has 134 valence electrons. The predicted molar refractivity (Wildman–Crippen MR) is 104 cm³/mol. The molecule has 0 saturated carbocycles. The number of hydrogen-bond acceptors (Lipinski definition) is 2. The van der Waals surface area contributed by atoms with Crippen molar-refractivity contribution in [1.29, 1.82) is 0 Å². The summed E-state index contributed by atoms with van der Waals surface area (Å²) in [5.41, 5.74) is 2.42. The van der Waals surface area contributed by atoms with E-state index in [1.165, 1.54) is 0 Å². The lowest BCUT2D eigenvalue weighted by Gasteiger charge is -2.20. The van der Waals surface area contributed by atoms with Gasteiger partial charge in [0.25, 0.3) is 11.8 Å². The molecule has 0 spiro atoms. The molecule has 0 aromatic heterocycles. The Hall–Kier alpha value is -2.59. The highest BCUT2D eigenvalue weighted by Gasteiger charge is 2.25. The van der Waals surface area contributed by atoms with E-state index in [1.54, 1.807) is 41.3 Å². The molecule has 2 aromatic carbocycles. The van der Waals surface area contributed by atoms with Crippen LogP contribution in [-0.4, -0.2) is 29.8 Å². The first kappa shape index (κ1) is 18.2. The van der Waals surface area contributed by atoms with Gasteiger partial charge in [0.05, 0.1) is 0 Å². The van der Waals surface area contributed by atoms with E-state index in [0.29, 0.717) is 16.3 Å². The fourth-order valence-electron chi connectivity index (χ4n) is 3.01. The van der Waals surface area contributed by atoms with E-state index in [9.17, 15) is 9.59 Å². The van der Waals surface area contributed by atoms with Gasteiger partial charge in [-0.2, -0.15) is 0 Å². The van der Waals surface area contributed by atoms with Crippen LogP contribution < -0.4 is 5.32 Å². The Morgan fingerprint density at radius 1 is 0.923 bits per heavy atom. The van der Waals surface area contributed by atoms with Gasteiger partial charge in [0.2, 0.25) is 0 Å². The molecule has 26 heavy (non-hydrogen) atoms. The molecule has 0 aliphatic carbocycles. The predicted octanol–water partition coefficient (Wildman–Crippen LogP) is 4.12. The minimum Gasteiger partial charge on any atom is -0.337 e. The minimum absolute atomic E-state index is 0.140. The summed E-state index contributed by atoms with van der Waals surface area (Å²) in [7, 11) is 0. The van der Waals surface area contributed by atoms with Gasteiger partial charge in [0.1, 0.15) is 5.70 Å². The number of benzene rings is 2. The van der Waals surface area contributed by atoms with Crippen LogP contribution in [0.3, 0.4) is 0 Å². The molecule has 2 amide bonds. The first-order valence-electron chi connectivity index (χ1n) is 8.69. The first-order valence-corrected chi connectivity index (χ1v) is 9.06. The third kappa shape index (κ3) is 4.14. The Labute approximate surface area is 158 Å². The van der Waals surface area contributed by atoms with Crippen molar-refractivity contribution in [2.45, 2.75) is 19.8 Å². The molecule has 1 heterocycles. The van der Waals surface area contributed by atoms with Crippen LogP contribution in [0.1, 0.15) is 35.7 Å². The molecule has 1 saturated heterocycles. The smallest absolute Gasteiger partial charge is 0.270 e. The van der Waals surface area contributed by atoms with Gasteiger partial charge in [0.15, 0.2) is 0 Å². The zero-order valence-corrected chi connectivity index (χ0v) is 15.4. The summed E-state index contributed by atoms with van der Waals surface area (Å²) in [5.74, 6) is -0.430. The maximum Gasteiger partial charge on any atom is 0.270 e. The van der Waals surface area contributed by atoms with Gasteiger partial charge in [-0.05, 0) is 55.2 Å². The van der Waals surface area contributed by atoms with E-state index in [4.69, 9.17) is 11.6 Å². The van der Waals surface area contributed by atoms with E-state index < -0.39 is 0 Å². The number of rotatable bonds is 4. The van der Waals surface area contributed by atoms with Crippen molar-refractivity contribution >= 4 is 29.0 Å². The maximum atomic E-state index is 13.0. The number of likely N-dealkylation sites (tertiary alicyclic amines) is 1. The van der Waals surface area contributed by atoms with Crippen molar-refractivity contribution in [2.75, 3.05) is 13.1 Å². The molecule has 1 aliphatic rings. The van der Waals surface area contributed by atoms with Crippen molar-refractivity contribution in [2.24, 2.45) is 0 Å². The van der Waals surface area contributed by atoms with Crippen LogP contribution in [-0.2, 0) is 4.79 Å². The normalized spacial score (nSPS) is 14.8. The first-order chi connectivity index (χ1) is 12.6. The summed E-state index contributed by atoms with van der Waals surface area (Å²) in [6, 6.07) is 16.2. The highest BCUT2D eigenvalue weighted by Crippen LogP contribution is 2.22. The molecule has 5 heteroatoms. The Balaban J connectivity index is 1.95. The lowest BCUT2D eigenvalue weighted by Crippen LogP contribution is -2.37. The van der Waals surface area contributed by atoms with Crippen molar-refractivity contribution in [1.82, 2.24) is 10.2 Å². The zero-order chi connectivity index (χ0) is 18.5. The van der Waals surface area contributed by atoms with Crippen LogP contribution in [0.5, 0.6) is 0 Å². The van der Waals surface area contributed by atoms with E-state index in [2.05, 4.69) is 5.32 Å². The SMILES string of the molecule is C/C(=C(/NC(=O)c1ccccc1)C(=O)N1CCCC1)c1ccc(Cl)cc1. The number of carbonyl (C=O) groups is 2. The molecule has 0 bridgehead atoms. The van der Waals surface area contributed by atoms with Crippen molar-refractivity contribution in [3.05, 3.63) is 76.4 Å². The summed E-state index contributed by atoms with van der Waals surface area (Å²) in [6.45, 7) is 3.28. The molecule has 4 nitrogen and oxygen atoms in total. The van der Waals surface area contributed by atoms with E-state index in [0.717, 1.165) is 37.1 Å². The molecule has 3 rings (SSSR count). The van der Waals surface area contributed by atoms with Gasteiger partial charge in [-0.15, -0.1) is 0 Å². The Morgan fingerprint density at radius 3 is 2.15 bits per heavy atom. The Kier molecular flexibility index (Phi) is 5.74. The van der Waals surface area contributed by atoms with Crippen LogP contribution in [0.4, 0.5) is 0 Å². The van der Waals surface area contributed by atoms with Gasteiger partial charge in [-0.3, -0.25) is 9.59 Å². The molecule has 0 radical (unpaired) electrons. The number of allylic oxidation sites excluding steroid dienone is 1. The monoisotopic (exact) mass is 368 g/mol. The zero-order valence-electron chi connectivity index (χ0n) is 14.7. The lowest BCUT2D eigenvalue weighted by molar-refractivity contribution is -0.126. The summed E-state index contributed by atoms with van der Waals surface area (Å²) >= 11 is 5.97. The standard InChI is InChI=1S/C21H21ClN2O2/c1-15(16-9-11-18(22)12-10-16)19(21(26)24-13-5-6-14-24)23-20(25)17-7-3-2-4-8-17/h2-4,7-12H,5-6,13-14H2,1H3,(H,23,25)/b19-15-. The summed E-state index contributed by atoms with van der Waals surface area (Å²) in [4.78, 5) is 27.4. The van der Waals surface area contributed by atoms with Gasteiger partial charge < -0.3 is 10.2 Å². The topological polar surface area (TPSA) is 49.4 Å². The van der Waals surface area contributed by atoms with E-state index in [-0.39, 0.29) is 11.8 Å². The van der Waals surface area contributed by atoms with Crippen LogP contribution >= 0.6 is 11.6 Å². The minimum atomic E-state index is -0.290. The van der Waals surface area contributed by atoms with Crippen molar-refractivity contribution in [3.8, 4) is 0 Å². The van der Waals surface area contributed by atoms with Gasteiger partial charge in [0, 0.05) is 23.7 Å². The Morgan fingerprint density at radius 2 is 1.54 bits per heavy atom. The fraction of sp³-hybridized carbons (Fsp3) is 0.238. The second-order valence-corrected chi connectivity index (χ2v) is 6.76. The van der Waals surface area contributed by atoms with Crippen LogP contribution in [0.15, 0.2) is 60.3 Å². The second-order valence-electron chi connectivity index (χ2n) is 6.33. The molecule has 1 N–H and O–H groups in total. The number of halogens is 1. The average Bonchev–Trinajstić information content (AvgIpc) is 3.21. The third-order valence-corrected chi connectivity index (χ3v) is 4.79. The molecule has 1 aliphatic heterocycles. The molecule has 0 unspecified atom stereocenters. The summed E-state index contributed by atoms with van der Waals surface area (Å²) in [5, 5.41) is 3.47. The van der Waals surface area contributed by atoms with Crippen LogP contribution in [0, 0.1) is 0 Å². The lowest BCUT2D eigenvalue weighted by atomic mass is 10.0. The number of nitrogens with one attached hydrogen (secondary N) is 1. The number of carbonyl (C=O) groups excluding carboxylic acids is 2. The Bertz CT molecular complexity index is 823. The summed E-state index contributed by atoms with van der Waals surface area (Å²) < 4.78 is 0. The van der Waals surface area contributed by atoms with Crippen LogP contribution in [0.2, 0.25) is 5.02 Å². The van der Waals surface area contributed by atoms with E-state index in [1.807, 2.05) is 25.1 Å². The highest BCUT2D eigenvalue weighted by molar-refractivity contribution is 6.30. The number of hydrogen-bond donors (Lipinski definition) is 1. The van der Waals surface area contributed by atoms with Gasteiger partial charge >= 0.3 is 0 Å². The van der Waals surface area contributed by atoms with Crippen molar-refractivity contribution in [3.63, 3.8) is 0 Å². The van der Waals surface area contributed by atoms with Gasteiger partial charge in [-0.1, -0.05) is 41.9 Å². The molecule has 0 atom stereocenters. The maximum absolute atomic E-state index is 13.0. The molecular formula is C21H21ClN2O2. The third-order valence-electron chi connectivity index (χ3n) is 4.53. The number of amides is 2. The van der Waals surface area contributed by atoms with Crippen LogP contribution in [0.25, 0.3) is 5.57 Å². The van der Waals surface area contributed by atoms with E-state index >= 15 is 0 Å². The van der Waals surface area contributed by atoms with Gasteiger partial charge in [-0.25, -0.2) is 0 Å². The quantitative estimate of drug-likeness (QED) is 0.825.